The van der Waals surface area contributed by atoms with Gasteiger partial charge in [0, 0.05) is 18.7 Å². The van der Waals surface area contributed by atoms with Gasteiger partial charge in [0.2, 0.25) is 12.3 Å². The maximum Gasteiger partial charge on any atom is 0.227 e. The van der Waals surface area contributed by atoms with Crippen LogP contribution in [0.2, 0.25) is 0 Å². The molecule has 1 aromatic heterocycles. The van der Waals surface area contributed by atoms with Crippen LogP contribution in [-0.4, -0.2) is 33.4 Å². The third-order valence-corrected chi connectivity index (χ3v) is 9.05. The van der Waals surface area contributed by atoms with Crippen molar-refractivity contribution >= 4 is 35.2 Å². The van der Waals surface area contributed by atoms with E-state index < -0.39 is 6.42 Å². The molecule has 2 aliphatic heterocycles. The molecule has 6 nitrogen and oxygen atoms in total. The smallest absolute Gasteiger partial charge is 0.227 e. The normalized spacial score (nSPS) is 22.4. The number of piperidine rings is 1. The molecule has 0 spiro atoms. The number of nitriles is 1. The van der Waals surface area contributed by atoms with Crippen LogP contribution < -0.4 is 5.30 Å². The number of aryl methyl sites for hydroxylation is 2. The molecule has 0 unspecified atom stereocenters. The van der Waals surface area contributed by atoms with Crippen molar-refractivity contribution in [1.29, 1.82) is 5.26 Å². The van der Waals surface area contributed by atoms with Gasteiger partial charge in [0.15, 0.2) is 5.82 Å². The first-order valence-electron chi connectivity index (χ1n) is 9.27. The summed E-state index contributed by atoms with van der Waals surface area (Å²) in [5.41, 5.74) is 1.78. The van der Waals surface area contributed by atoms with E-state index in [1.54, 1.807) is 0 Å². The zero-order valence-corrected chi connectivity index (χ0v) is 17.0. The van der Waals surface area contributed by atoms with Gasteiger partial charge in [-0.25, -0.2) is 9.35 Å². The zero-order valence-electron chi connectivity index (χ0n) is 15.3. The summed E-state index contributed by atoms with van der Waals surface area (Å²) in [6, 6.07) is 12.1. The Bertz CT molecular complexity index is 956. The maximum atomic E-state index is 9.00. The van der Waals surface area contributed by atoms with Crippen LogP contribution in [0.15, 0.2) is 35.3 Å². The molecule has 27 heavy (non-hydrogen) atoms. The van der Waals surface area contributed by atoms with E-state index in [9.17, 15) is 0 Å². The lowest BCUT2D eigenvalue weighted by Crippen LogP contribution is -2.35. The zero-order chi connectivity index (χ0) is 18.9. The number of hydrogen-bond donors (Lipinski definition) is 0. The van der Waals surface area contributed by atoms with Gasteiger partial charge in [0.25, 0.3) is 0 Å². The van der Waals surface area contributed by atoms with Crippen molar-refractivity contribution in [1.82, 2.24) is 14.5 Å². The van der Waals surface area contributed by atoms with E-state index >= 15 is 0 Å². The Balaban J connectivity index is 1.86. The number of benzene rings is 1. The Morgan fingerprint density at radius 2 is 1.96 bits per heavy atom. The summed E-state index contributed by atoms with van der Waals surface area (Å²) in [6.45, 7) is 4.37. The molecule has 0 amide bonds. The molecule has 0 aliphatic carbocycles. The van der Waals surface area contributed by atoms with E-state index in [4.69, 9.17) is 26.6 Å². The van der Waals surface area contributed by atoms with Crippen LogP contribution in [0.5, 0.6) is 0 Å². The van der Waals surface area contributed by atoms with Crippen LogP contribution in [0.1, 0.15) is 36.9 Å². The van der Waals surface area contributed by atoms with Gasteiger partial charge in [-0.15, -0.1) is 0 Å². The second-order valence-electron chi connectivity index (χ2n) is 6.80. The molecule has 3 heterocycles. The van der Waals surface area contributed by atoms with Crippen LogP contribution in [0.4, 0.5) is 5.82 Å². The molecular formula is C19H22N5OPS. The molecule has 2 aromatic rings. The lowest BCUT2D eigenvalue weighted by molar-refractivity contribution is 0.345. The highest BCUT2D eigenvalue weighted by molar-refractivity contribution is 8.15. The predicted molar refractivity (Wildman–Crippen MR) is 110 cm³/mol. The van der Waals surface area contributed by atoms with Gasteiger partial charge in [0.1, 0.15) is 5.30 Å². The second kappa shape index (κ2) is 7.55. The molecule has 0 N–H and O–H groups in total. The fraction of sp³-hybridized carbons (Fsp3) is 0.421. The summed E-state index contributed by atoms with van der Waals surface area (Å²) in [7, 11) is 0. The number of fused-ring (bicyclic) bond motifs is 1. The van der Waals surface area contributed by atoms with Gasteiger partial charge in [-0.3, -0.25) is 0 Å². The minimum absolute atomic E-state index is 0.386. The first-order chi connectivity index (χ1) is 13.1. The van der Waals surface area contributed by atoms with Gasteiger partial charge in [0.05, 0.1) is 24.7 Å². The molecule has 1 saturated heterocycles. The Morgan fingerprint density at radius 3 is 2.67 bits per heavy atom. The third kappa shape index (κ3) is 3.34. The SMILES string of the molecule is Cc1nn(CCC#N)c2c1[P@@](=S)(N1CCCCC1)OC(c1ccccc1)=N2. The fourth-order valence-electron chi connectivity index (χ4n) is 3.63. The quantitative estimate of drug-likeness (QED) is 0.735. The highest BCUT2D eigenvalue weighted by Crippen LogP contribution is 2.56. The minimum atomic E-state index is -2.48. The standard InChI is InChI=1S/C19H22N5OPS/c1-15-17-18(24(22-15)14-8-11-20)21-19(16-9-4-2-5-10-16)25-26(17,27)23-12-6-3-7-13-23/h2,4-5,9-10H,3,6-8,12-14H2,1H3/t26-/m1/s1. The highest BCUT2D eigenvalue weighted by atomic mass is 32.4. The average molecular weight is 399 g/mol. The Kier molecular flexibility index (Phi) is 5.14. The van der Waals surface area contributed by atoms with Gasteiger partial charge in [-0.05, 0) is 43.7 Å². The lowest BCUT2D eigenvalue weighted by atomic mass is 10.2. The third-order valence-electron chi connectivity index (χ3n) is 4.93. The van der Waals surface area contributed by atoms with Gasteiger partial charge in [-0.2, -0.15) is 15.4 Å². The van der Waals surface area contributed by atoms with E-state index in [2.05, 4.69) is 15.8 Å². The van der Waals surface area contributed by atoms with E-state index in [0.717, 1.165) is 48.3 Å². The largest absolute Gasteiger partial charge is 0.431 e. The van der Waals surface area contributed by atoms with Crippen molar-refractivity contribution < 1.29 is 4.52 Å². The van der Waals surface area contributed by atoms with Crippen molar-refractivity contribution in [2.24, 2.45) is 4.99 Å². The lowest BCUT2D eigenvalue weighted by Gasteiger charge is -2.38. The molecule has 1 fully saturated rings. The number of aliphatic imine (C=N–C) groups is 1. The first-order valence-corrected chi connectivity index (χ1v) is 11.9. The highest BCUT2D eigenvalue weighted by Gasteiger charge is 2.41. The summed E-state index contributed by atoms with van der Waals surface area (Å²) in [5, 5.41) is 14.6. The molecule has 4 rings (SSSR count). The van der Waals surface area contributed by atoms with Gasteiger partial charge in [-0.1, -0.05) is 24.6 Å². The van der Waals surface area contributed by atoms with E-state index in [1.807, 2.05) is 41.9 Å². The van der Waals surface area contributed by atoms with Crippen LogP contribution in [0.25, 0.3) is 0 Å². The van der Waals surface area contributed by atoms with Crippen LogP contribution in [0, 0.1) is 18.3 Å². The number of aromatic nitrogens is 2. The number of nitrogens with zero attached hydrogens (tertiary/aromatic N) is 5. The summed E-state index contributed by atoms with van der Waals surface area (Å²) in [4.78, 5) is 4.80. The van der Waals surface area contributed by atoms with E-state index in [0.29, 0.717) is 18.9 Å². The summed E-state index contributed by atoms with van der Waals surface area (Å²) >= 11 is 6.23. The molecule has 1 atom stereocenters. The van der Waals surface area contributed by atoms with E-state index in [-0.39, 0.29) is 0 Å². The Morgan fingerprint density at radius 1 is 1.22 bits per heavy atom. The number of rotatable bonds is 4. The average Bonchev–Trinajstić information content (AvgIpc) is 3.04. The van der Waals surface area contributed by atoms with Crippen molar-refractivity contribution in [3.63, 3.8) is 0 Å². The fourth-order valence-corrected chi connectivity index (χ4v) is 7.52. The maximum absolute atomic E-state index is 9.00. The number of hydrogen-bond acceptors (Lipinski definition) is 5. The van der Waals surface area contributed by atoms with Crippen molar-refractivity contribution in [2.45, 2.75) is 39.2 Å². The Hall–Kier alpha value is -2.00. The molecule has 8 heteroatoms. The molecule has 2 aliphatic rings. The molecule has 1 aromatic carbocycles. The van der Waals surface area contributed by atoms with Crippen molar-refractivity contribution in [3.05, 3.63) is 41.6 Å². The topological polar surface area (TPSA) is 66.4 Å². The Labute approximate surface area is 164 Å². The summed E-state index contributed by atoms with van der Waals surface area (Å²) in [6.07, 6.45) is 1.41. The van der Waals surface area contributed by atoms with Crippen LogP contribution in [0.3, 0.4) is 0 Å². The van der Waals surface area contributed by atoms with Crippen LogP contribution >= 0.6 is 6.42 Å². The predicted octanol–water partition coefficient (Wildman–Crippen LogP) is 3.63. The van der Waals surface area contributed by atoms with Crippen molar-refractivity contribution in [3.8, 4) is 6.07 Å². The minimum Gasteiger partial charge on any atom is -0.431 e. The molecular weight excluding hydrogens is 377 g/mol. The molecule has 0 saturated carbocycles. The van der Waals surface area contributed by atoms with Crippen LogP contribution in [-0.2, 0) is 22.9 Å². The first kappa shape index (κ1) is 18.4. The second-order valence-corrected chi connectivity index (χ2v) is 10.5. The van der Waals surface area contributed by atoms with Crippen molar-refractivity contribution in [2.75, 3.05) is 13.1 Å². The molecule has 0 radical (unpaired) electrons. The molecule has 0 bridgehead atoms. The summed E-state index contributed by atoms with van der Waals surface area (Å²) < 4.78 is 10.7. The summed E-state index contributed by atoms with van der Waals surface area (Å²) in [5.74, 6) is 1.33. The monoisotopic (exact) mass is 399 g/mol. The van der Waals surface area contributed by atoms with Gasteiger partial charge < -0.3 is 4.52 Å². The van der Waals surface area contributed by atoms with Gasteiger partial charge >= 0.3 is 0 Å². The molecule has 140 valence electrons. The van der Waals surface area contributed by atoms with E-state index in [1.165, 1.54) is 6.42 Å².